The molecule has 140 valence electrons. The highest BCUT2D eigenvalue weighted by atomic mass is 19.4. The Kier molecular flexibility index (Phi) is 3.92. The van der Waals surface area contributed by atoms with Gasteiger partial charge in [-0.2, -0.15) is 23.3 Å². The fraction of sp³-hybridized carbons (Fsp3) is 0.562. The van der Waals surface area contributed by atoms with Crippen molar-refractivity contribution < 1.29 is 17.9 Å². The molecule has 7 nitrogen and oxygen atoms in total. The molecule has 0 amide bonds. The molecule has 0 spiro atoms. The van der Waals surface area contributed by atoms with Crippen LogP contribution in [0, 0.1) is 0 Å². The monoisotopic (exact) mass is 368 g/mol. The van der Waals surface area contributed by atoms with Crippen LogP contribution >= 0.6 is 0 Å². The molecule has 2 aliphatic rings. The standard InChI is InChI=1S/C16H19F3N6O/c1-8-5-6-26-12-11(9-3-4-9)24-25(2)14(12)23-15-20-7-10(16(17,18)19)13(21-8)22-15/h7-9H,3-6H2,1-2H3,(H2,20,21,22,23). The molecule has 4 rings (SSSR count). The summed E-state index contributed by atoms with van der Waals surface area (Å²) in [5.41, 5.74) is -0.0130. The Bertz CT molecular complexity index is 830. The Balaban J connectivity index is 1.78. The number of fused-ring (bicyclic) bond motifs is 3. The summed E-state index contributed by atoms with van der Waals surface area (Å²) in [6, 6.07) is -0.249. The van der Waals surface area contributed by atoms with E-state index in [0.29, 0.717) is 30.5 Å². The highest BCUT2D eigenvalue weighted by molar-refractivity contribution is 5.63. The lowest BCUT2D eigenvalue weighted by Gasteiger charge is -2.18. The number of rotatable bonds is 1. The van der Waals surface area contributed by atoms with Crippen molar-refractivity contribution in [2.75, 3.05) is 17.2 Å². The van der Waals surface area contributed by atoms with Gasteiger partial charge in [-0.15, -0.1) is 0 Å². The number of ether oxygens (including phenoxy) is 1. The predicted octanol–water partition coefficient (Wildman–Crippen LogP) is 3.43. The van der Waals surface area contributed by atoms with Crippen molar-refractivity contribution in [3.63, 3.8) is 0 Å². The van der Waals surface area contributed by atoms with E-state index in [0.717, 1.165) is 24.7 Å². The minimum atomic E-state index is -4.53. The Morgan fingerprint density at radius 2 is 2.04 bits per heavy atom. The molecule has 1 aliphatic heterocycles. The van der Waals surface area contributed by atoms with Crippen molar-refractivity contribution in [2.45, 2.75) is 44.3 Å². The van der Waals surface area contributed by atoms with Gasteiger partial charge in [-0.05, 0) is 19.8 Å². The van der Waals surface area contributed by atoms with Crippen molar-refractivity contribution in [3.05, 3.63) is 17.5 Å². The summed E-state index contributed by atoms with van der Waals surface area (Å²) in [7, 11) is 1.76. The molecule has 1 unspecified atom stereocenters. The average molecular weight is 368 g/mol. The smallest absolute Gasteiger partial charge is 0.421 e. The maximum atomic E-state index is 13.2. The summed E-state index contributed by atoms with van der Waals surface area (Å²) in [4.78, 5) is 7.89. The third kappa shape index (κ3) is 3.15. The average Bonchev–Trinajstić information content (AvgIpc) is 3.34. The van der Waals surface area contributed by atoms with Crippen molar-refractivity contribution in [2.24, 2.45) is 7.05 Å². The van der Waals surface area contributed by atoms with Crippen LogP contribution in [-0.2, 0) is 13.2 Å². The zero-order valence-corrected chi connectivity index (χ0v) is 14.4. The molecule has 3 heterocycles. The van der Waals surface area contributed by atoms with Crippen molar-refractivity contribution in [1.82, 2.24) is 19.7 Å². The number of nitrogens with one attached hydrogen (secondary N) is 2. The van der Waals surface area contributed by atoms with E-state index in [1.165, 1.54) is 0 Å². The number of hydrogen-bond acceptors (Lipinski definition) is 6. The molecule has 26 heavy (non-hydrogen) atoms. The Labute approximate surface area is 148 Å². The van der Waals surface area contributed by atoms with Gasteiger partial charge < -0.3 is 15.4 Å². The molecule has 1 atom stereocenters. The summed E-state index contributed by atoms with van der Waals surface area (Å²) in [6.07, 6.45) is -1.10. The number of halogens is 3. The quantitative estimate of drug-likeness (QED) is 0.803. The molecule has 2 aromatic rings. The third-order valence-corrected chi connectivity index (χ3v) is 4.50. The lowest BCUT2D eigenvalue weighted by Crippen LogP contribution is -2.22. The van der Waals surface area contributed by atoms with Crippen molar-refractivity contribution in [1.29, 1.82) is 0 Å². The van der Waals surface area contributed by atoms with Gasteiger partial charge in [0.25, 0.3) is 0 Å². The van der Waals surface area contributed by atoms with Crippen molar-refractivity contribution in [3.8, 4) is 5.75 Å². The van der Waals surface area contributed by atoms with Gasteiger partial charge in [0.15, 0.2) is 11.6 Å². The molecule has 0 saturated heterocycles. The van der Waals surface area contributed by atoms with Gasteiger partial charge in [-0.25, -0.2) is 9.67 Å². The van der Waals surface area contributed by atoms with Gasteiger partial charge in [0, 0.05) is 31.6 Å². The van der Waals surface area contributed by atoms with Gasteiger partial charge >= 0.3 is 6.18 Å². The van der Waals surface area contributed by atoms with Crippen LogP contribution in [0.25, 0.3) is 0 Å². The summed E-state index contributed by atoms with van der Waals surface area (Å²) in [5, 5.41) is 10.3. The fourth-order valence-electron chi connectivity index (χ4n) is 2.94. The lowest BCUT2D eigenvalue weighted by atomic mass is 10.2. The second-order valence-electron chi connectivity index (χ2n) is 6.72. The maximum Gasteiger partial charge on any atom is 0.421 e. The first-order valence-corrected chi connectivity index (χ1v) is 8.50. The zero-order chi connectivity index (χ0) is 18.5. The Hall–Kier alpha value is -2.52. The van der Waals surface area contributed by atoms with Gasteiger partial charge in [-0.1, -0.05) is 0 Å². The third-order valence-electron chi connectivity index (χ3n) is 4.50. The zero-order valence-electron chi connectivity index (χ0n) is 14.4. The van der Waals surface area contributed by atoms with Crippen LogP contribution < -0.4 is 15.4 Å². The Morgan fingerprint density at radius 1 is 1.27 bits per heavy atom. The second kappa shape index (κ2) is 6.03. The summed E-state index contributed by atoms with van der Waals surface area (Å²) < 4.78 is 47.3. The molecule has 1 saturated carbocycles. The minimum Gasteiger partial charge on any atom is -0.488 e. The van der Waals surface area contributed by atoms with Gasteiger partial charge in [-0.3, -0.25) is 0 Å². The van der Waals surface area contributed by atoms with Gasteiger partial charge in [0.05, 0.1) is 6.61 Å². The molecule has 0 aromatic carbocycles. The predicted molar refractivity (Wildman–Crippen MR) is 88.7 cm³/mol. The number of hydrogen-bond donors (Lipinski definition) is 2. The van der Waals surface area contributed by atoms with E-state index in [1.54, 1.807) is 18.7 Å². The number of nitrogens with zero attached hydrogens (tertiary/aromatic N) is 4. The number of aromatic nitrogens is 4. The van der Waals surface area contributed by atoms with Crippen LogP contribution in [0.5, 0.6) is 5.75 Å². The van der Waals surface area contributed by atoms with Gasteiger partial charge in [0.1, 0.15) is 17.1 Å². The first-order chi connectivity index (χ1) is 12.3. The molecule has 1 aliphatic carbocycles. The highest BCUT2D eigenvalue weighted by Gasteiger charge is 2.36. The molecule has 2 bridgehead atoms. The SMILES string of the molecule is CC1CCOc2c(C3CC3)nn(C)c2Nc2ncc(C(F)(F)F)c(n2)N1. The second-order valence-corrected chi connectivity index (χ2v) is 6.72. The van der Waals surface area contributed by atoms with Gasteiger partial charge in [0.2, 0.25) is 5.95 Å². The topological polar surface area (TPSA) is 76.9 Å². The number of anilines is 3. The first-order valence-electron chi connectivity index (χ1n) is 8.50. The van der Waals surface area contributed by atoms with E-state index < -0.39 is 11.7 Å². The lowest BCUT2D eigenvalue weighted by molar-refractivity contribution is -0.137. The fourth-order valence-corrected chi connectivity index (χ4v) is 2.94. The van der Waals surface area contributed by atoms with E-state index >= 15 is 0 Å². The summed E-state index contributed by atoms with van der Waals surface area (Å²) >= 11 is 0. The van der Waals surface area contributed by atoms with Crippen molar-refractivity contribution >= 4 is 17.6 Å². The summed E-state index contributed by atoms with van der Waals surface area (Å²) in [5.74, 6) is 1.37. The maximum absolute atomic E-state index is 13.2. The minimum absolute atomic E-state index is 0.0600. The number of alkyl halides is 3. The van der Waals surface area contributed by atoms with Crippen LogP contribution in [0.1, 0.15) is 43.4 Å². The largest absolute Gasteiger partial charge is 0.488 e. The van der Waals surface area contributed by atoms with E-state index in [2.05, 4.69) is 25.7 Å². The summed E-state index contributed by atoms with van der Waals surface area (Å²) in [6.45, 7) is 2.15. The molecule has 0 radical (unpaired) electrons. The van der Waals surface area contributed by atoms with E-state index in [-0.39, 0.29) is 17.8 Å². The molecule has 2 N–H and O–H groups in total. The van der Waals surface area contributed by atoms with E-state index in [9.17, 15) is 13.2 Å². The van der Waals surface area contributed by atoms with Crippen LogP contribution in [-0.4, -0.2) is 32.4 Å². The van der Waals surface area contributed by atoms with Crippen LogP contribution in [0.15, 0.2) is 6.20 Å². The van der Waals surface area contributed by atoms with E-state index in [4.69, 9.17) is 4.74 Å². The molecule has 1 fully saturated rings. The number of aryl methyl sites for hydroxylation is 1. The van der Waals surface area contributed by atoms with Crippen LogP contribution in [0.2, 0.25) is 0 Å². The molecule has 2 aromatic heterocycles. The first kappa shape index (κ1) is 16.9. The molecular formula is C16H19F3N6O. The Morgan fingerprint density at radius 3 is 2.73 bits per heavy atom. The van der Waals surface area contributed by atoms with E-state index in [1.807, 2.05) is 0 Å². The highest BCUT2D eigenvalue weighted by Crippen LogP contribution is 2.46. The molecule has 10 heteroatoms. The van der Waals surface area contributed by atoms with Crippen LogP contribution in [0.3, 0.4) is 0 Å². The normalized spacial score (nSPS) is 20.3. The van der Waals surface area contributed by atoms with Crippen LogP contribution in [0.4, 0.5) is 30.8 Å². The molecular weight excluding hydrogens is 349 g/mol.